The topological polar surface area (TPSA) is 41.6 Å². The van der Waals surface area contributed by atoms with Crippen LogP contribution in [0.5, 0.6) is 0 Å². The third-order valence-corrected chi connectivity index (χ3v) is 2.19. The second-order valence-electron chi connectivity index (χ2n) is 2.98. The van der Waals surface area contributed by atoms with Gasteiger partial charge in [-0.05, 0) is 36.8 Å². The minimum Gasteiger partial charge on any atom is -0.330 e. The Balaban J connectivity index is 2.61. The molecule has 0 spiro atoms. The molecule has 0 radical (unpaired) electrons. The lowest BCUT2D eigenvalue weighted by atomic mass is 10.1. The molecule has 2 rings (SSSR count). The molecular formula is C10H9N3S. The van der Waals surface area contributed by atoms with Crippen molar-refractivity contribution in [2.75, 3.05) is 0 Å². The Morgan fingerprint density at radius 1 is 1.29 bits per heavy atom. The molecule has 1 N–H and O–H groups in total. The summed E-state index contributed by atoms with van der Waals surface area (Å²) >= 11 is 4.96. The lowest BCUT2D eigenvalue weighted by Crippen LogP contribution is -1.89. The average Bonchev–Trinajstić information content (AvgIpc) is 2.18. The van der Waals surface area contributed by atoms with Crippen LogP contribution in [-0.4, -0.2) is 15.0 Å². The van der Waals surface area contributed by atoms with Crippen LogP contribution >= 0.6 is 12.2 Å². The van der Waals surface area contributed by atoms with Crippen LogP contribution in [0.15, 0.2) is 30.7 Å². The number of pyridine rings is 1. The molecule has 2 aromatic heterocycles. The molecule has 0 bridgehead atoms. The van der Waals surface area contributed by atoms with Gasteiger partial charge in [-0.25, -0.2) is 4.98 Å². The summed E-state index contributed by atoms with van der Waals surface area (Å²) in [6, 6.07) is 3.86. The Bertz CT molecular complexity index is 504. The molecule has 0 unspecified atom stereocenters. The van der Waals surface area contributed by atoms with Crippen LogP contribution < -0.4 is 0 Å². The van der Waals surface area contributed by atoms with Crippen LogP contribution in [0, 0.1) is 11.7 Å². The van der Waals surface area contributed by atoms with E-state index in [0.29, 0.717) is 4.77 Å². The van der Waals surface area contributed by atoms with Crippen molar-refractivity contribution in [3.63, 3.8) is 0 Å². The highest BCUT2D eigenvalue weighted by Crippen LogP contribution is 2.18. The van der Waals surface area contributed by atoms with Gasteiger partial charge in [0.1, 0.15) is 0 Å². The van der Waals surface area contributed by atoms with Crippen molar-refractivity contribution in [3.05, 3.63) is 41.1 Å². The van der Waals surface area contributed by atoms with Crippen molar-refractivity contribution in [3.8, 4) is 11.3 Å². The lowest BCUT2D eigenvalue weighted by Gasteiger charge is -2.03. The van der Waals surface area contributed by atoms with Gasteiger partial charge in [0, 0.05) is 29.8 Å². The Hall–Kier alpha value is -1.55. The first-order valence-corrected chi connectivity index (χ1v) is 4.64. The maximum Gasteiger partial charge on any atom is 0.197 e. The van der Waals surface area contributed by atoms with Gasteiger partial charge in [0.15, 0.2) is 4.77 Å². The number of rotatable bonds is 1. The minimum atomic E-state index is 0.499. The number of hydrogen-bond acceptors (Lipinski definition) is 3. The zero-order valence-corrected chi connectivity index (χ0v) is 8.51. The van der Waals surface area contributed by atoms with Gasteiger partial charge in [-0.3, -0.25) is 4.98 Å². The normalized spacial score (nSPS) is 10.1. The summed E-state index contributed by atoms with van der Waals surface area (Å²) in [5.41, 5.74) is 3.20. The predicted octanol–water partition coefficient (Wildman–Crippen LogP) is 2.51. The number of aryl methyl sites for hydroxylation is 1. The van der Waals surface area contributed by atoms with E-state index in [-0.39, 0.29) is 0 Å². The molecule has 0 saturated heterocycles. The molecular weight excluding hydrogens is 194 g/mol. The van der Waals surface area contributed by atoms with E-state index >= 15 is 0 Å². The van der Waals surface area contributed by atoms with Gasteiger partial charge in [0.05, 0.1) is 0 Å². The van der Waals surface area contributed by atoms with Crippen molar-refractivity contribution >= 4 is 12.2 Å². The van der Waals surface area contributed by atoms with E-state index in [1.807, 2.05) is 25.3 Å². The van der Waals surface area contributed by atoms with Crippen LogP contribution in [0.3, 0.4) is 0 Å². The molecule has 0 aliphatic heterocycles. The van der Waals surface area contributed by atoms with Crippen molar-refractivity contribution in [1.82, 2.24) is 15.0 Å². The fourth-order valence-corrected chi connectivity index (χ4v) is 1.47. The van der Waals surface area contributed by atoms with Crippen molar-refractivity contribution in [1.29, 1.82) is 0 Å². The molecule has 0 amide bonds. The minimum absolute atomic E-state index is 0.499. The van der Waals surface area contributed by atoms with E-state index in [9.17, 15) is 0 Å². The summed E-state index contributed by atoms with van der Waals surface area (Å²) in [5, 5.41) is 0. The van der Waals surface area contributed by atoms with Gasteiger partial charge in [-0.15, -0.1) is 0 Å². The molecule has 0 fully saturated rings. The highest BCUT2D eigenvalue weighted by atomic mass is 32.1. The quantitative estimate of drug-likeness (QED) is 0.724. The molecule has 4 heteroatoms. The number of aromatic amines is 1. The van der Waals surface area contributed by atoms with Gasteiger partial charge in [-0.1, -0.05) is 0 Å². The predicted molar refractivity (Wildman–Crippen MR) is 57.4 cm³/mol. The Morgan fingerprint density at radius 2 is 2.14 bits per heavy atom. The largest absolute Gasteiger partial charge is 0.330 e. The first-order valence-electron chi connectivity index (χ1n) is 4.24. The van der Waals surface area contributed by atoms with E-state index in [1.54, 1.807) is 12.4 Å². The summed E-state index contributed by atoms with van der Waals surface area (Å²) in [7, 11) is 0. The Labute approximate surface area is 86.9 Å². The van der Waals surface area contributed by atoms with Crippen LogP contribution in [0.2, 0.25) is 0 Å². The smallest absolute Gasteiger partial charge is 0.197 e. The van der Waals surface area contributed by atoms with Crippen molar-refractivity contribution < 1.29 is 0 Å². The lowest BCUT2D eigenvalue weighted by molar-refractivity contribution is 1.13. The maximum absolute atomic E-state index is 4.96. The van der Waals surface area contributed by atoms with E-state index in [4.69, 9.17) is 12.2 Å². The summed E-state index contributed by atoms with van der Waals surface area (Å²) in [5.74, 6) is 0. The Kier molecular flexibility index (Phi) is 2.37. The highest BCUT2D eigenvalue weighted by molar-refractivity contribution is 7.71. The molecule has 0 aromatic carbocycles. The number of nitrogens with zero attached hydrogens (tertiary/aromatic N) is 2. The van der Waals surface area contributed by atoms with Crippen molar-refractivity contribution in [2.45, 2.75) is 6.92 Å². The molecule has 0 atom stereocenters. The van der Waals surface area contributed by atoms with Gasteiger partial charge < -0.3 is 4.98 Å². The van der Waals surface area contributed by atoms with E-state index in [1.165, 1.54) is 0 Å². The molecule has 0 aliphatic carbocycles. The molecule has 14 heavy (non-hydrogen) atoms. The fourth-order valence-electron chi connectivity index (χ4n) is 1.30. The molecule has 70 valence electrons. The third-order valence-electron chi connectivity index (χ3n) is 1.99. The summed E-state index contributed by atoms with van der Waals surface area (Å²) in [6.45, 7) is 2.01. The summed E-state index contributed by atoms with van der Waals surface area (Å²) in [4.78, 5) is 11.0. The second kappa shape index (κ2) is 3.67. The number of aromatic nitrogens is 3. The average molecular weight is 203 g/mol. The van der Waals surface area contributed by atoms with Gasteiger partial charge in [-0.2, -0.15) is 0 Å². The number of nitrogens with one attached hydrogen (secondary N) is 1. The molecule has 2 aromatic rings. The monoisotopic (exact) mass is 203 g/mol. The first-order chi connectivity index (χ1) is 6.77. The zero-order chi connectivity index (χ0) is 9.97. The van der Waals surface area contributed by atoms with E-state index < -0.39 is 0 Å². The van der Waals surface area contributed by atoms with E-state index in [0.717, 1.165) is 16.8 Å². The fraction of sp³-hybridized carbons (Fsp3) is 0.100. The molecule has 3 nitrogen and oxygen atoms in total. The summed E-state index contributed by atoms with van der Waals surface area (Å²) < 4.78 is 0.499. The van der Waals surface area contributed by atoms with Crippen LogP contribution in [-0.2, 0) is 0 Å². The first kappa shape index (κ1) is 9.02. The molecule has 0 aliphatic rings. The van der Waals surface area contributed by atoms with Crippen LogP contribution in [0.1, 0.15) is 5.56 Å². The third kappa shape index (κ3) is 1.70. The van der Waals surface area contributed by atoms with Gasteiger partial charge in [0.2, 0.25) is 0 Å². The van der Waals surface area contributed by atoms with E-state index in [2.05, 4.69) is 15.0 Å². The van der Waals surface area contributed by atoms with Crippen LogP contribution in [0.4, 0.5) is 0 Å². The highest BCUT2D eigenvalue weighted by Gasteiger charge is 2.00. The number of H-pyrrole nitrogens is 1. The number of hydrogen-bond donors (Lipinski definition) is 1. The van der Waals surface area contributed by atoms with Crippen LogP contribution in [0.25, 0.3) is 11.3 Å². The Morgan fingerprint density at radius 3 is 2.86 bits per heavy atom. The van der Waals surface area contributed by atoms with Gasteiger partial charge >= 0.3 is 0 Å². The van der Waals surface area contributed by atoms with Crippen molar-refractivity contribution in [2.24, 2.45) is 0 Å². The second-order valence-corrected chi connectivity index (χ2v) is 3.37. The molecule has 0 saturated carbocycles. The zero-order valence-electron chi connectivity index (χ0n) is 7.69. The molecule has 2 heterocycles. The maximum atomic E-state index is 4.96. The summed E-state index contributed by atoms with van der Waals surface area (Å²) in [6.07, 6.45) is 5.29. The SMILES string of the molecule is Cc1cnccc1-c1ccnc(=S)[nH]1. The van der Waals surface area contributed by atoms with Gasteiger partial charge in [0.25, 0.3) is 0 Å². The standard InChI is InChI=1S/C10H9N3S/c1-7-6-11-4-2-8(7)9-3-5-12-10(14)13-9/h2-6H,1H3,(H,12,13,14).